The van der Waals surface area contributed by atoms with Crippen LogP contribution in [0.1, 0.15) is 22.5 Å². The maximum atomic E-state index is 10.6. The zero-order valence-electron chi connectivity index (χ0n) is 8.35. The van der Waals surface area contributed by atoms with Gasteiger partial charge in [0.15, 0.2) is 0 Å². The van der Waals surface area contributed by atoms with Crippen LogP contribution in [-0.2, 0) is 11.3 Å². The number of aromatic nitrogens is 1. The van der Waals surface area contributed by atoms with Crippen molar-refractivity contribution in [1.29, 1.82) is 0 Å². The molecule has 4 nitrogen and oxygen atoms in total. The van der Waals surface area contributed by atoms with Gasteiger partial charge in [0.2, 0.25) is 0 Å². The summed E-state index contributed by atoms with van der Waals surface area (Å²) in [5, 5.41) is 8.70. The van der Waals surface area contributed by atoms with E-state index in [9.17, 15) is 4.79 Å². The third kappa shape index (κ3) is 3.91. The second-order valence-corrected chi connectivity index (χ2v) is 2.98. The molecule has 1 heterocycles. The Labute approximate surface area is 88.2 Å². The van der Waals surface area contributed by atoms with Gasteiger partial charge >= 0.3 is 5.97 Å². The van der Waals surface area contributed by atoms with Crippen molar-refractivity contribution >= 4 is 5.97 Å². The molecule has 0 amide bonds. The molecule has 0 radical (unpaired) electrons. The van der Waals surface area contributed by atoms with Crippen LogP contribution in [0.15, 0.2) is 31.0 Å². The number of nitrogens with zero attached hydrogens (tertiary/aromatic N) is 1. The van der Waals surface area contributed by atoms with Crippen molar-refractivity contribution < 1.29 is 14.6 Å². The molecule has 0 unspecified atom stereocenters. The Bertz CT molecular complexity index is 349. The van der Waals surface area contributed by atoms with Crippen LogP contribution in [0.4, 0.5) is 0 Å². The van der Waals surface area contributed by atoms with E-state index < -0.39 is 5.97 Å². The Hall–Kier alpha value is -1.68. The number of carboxylic acid groups (broad SMARTS) is 1. The van der Waals surface area contributed by atoms with E-state index in [4.69, 9.17) is 9.84 Å². The lowest BCUT2D eigenvalue weighted by atomic mass is 10.2. The highest BCUT2D eigenvalue weighted by Crippen LogP contribution is 2.04. The van der Waals surface area contributed by atoms with Gasteiger partial charge in [0, 0.05) is 6.20 Å². The summed E-state index contributed by atoms with van der Waals surface area (Å²) < 4.78 is 5.30. The summed E-state index contributed by atoms with van der Waals surface area (Å²) in [7, 11) is 0. The first kappa shape index (κ1) is 11.4. The first-order valence-corrected chi connectivity index (χ1v) is 4.61. The van der Waals surface area contributed by atoms with Crippen LogP contribution in [0, 0.1) is 0 Å². The largest absolute Gasteiger partial charge is 0.477 e. The third-order valence-corrected chi connectivity index (χ3v) is 1.78. The fraction of sp³-hybridized carbons (Fsp3) is 0.273. The molecule has 0 atom stereocenters. The van der Waals surface area contributed by atoms with E-state index in [0.717, 1.165) is 12.0 Å². The molecule has 0 aliphatic rings. The van der Waals surface area contributed by atoms with E-state index in [2.05, 4.69) is 11.6 Å². The highest BCUT2D eigenvalue weighted by Gasteiger charge is 2.04. The van der Waals surface area contributed by atoms with Gasteiger partial charge in [-0.2, -0.15) is 0 Å². The summed E-state index contributed by atoms with van der Waals surface area (Å²) in [6, 6.07) is 3.25. The first-order valence-electron chi connectivity index (χ1n) is 4.61. The summed E-state index contributed by atoms with van der Waals surface area (Å²) in [6.45, 7) is 4.57. The Morgan fingerprint density at radius 2 is 2.47 bits per heavy atom. The number of carboxylic acids is 1. The molecule has 1 N–H and O–H groups in total. The van der Waals surface area contributed by atoms with E-state index in [0.29, 0.717) is 13.2 Å². The van der Waals surface area contributed by atoms with Gasteiger partial charge in [-0.05, 0) is 24.1 Å². The summed E-state index contributed by atoms with van der Waals surface area (Å²) in [5.74, 6) is -1.03. The van der Waals surface area contributed by atoms with Crippen molar-refractivity contribution in [3.05, 3.63) is 42.2 Å². The van der Waals surface area contributed by atoms with E-state index in [-0.39, 0.29) is 5.69 Å². The van der Waals surface area contributed by atoms with Crippen LogP contribution in [0.2, 0.25) is 0 Å². The van der Waals surface area contributed by atoms with E-state index in [1.165, 1.54) is 12.3 Å². The van der Waals surface area contributed by atoms with Crippen LogP contribution < -0.4 is 0 Å². The SMILES string of the molecule is C=CCCOCc1ccnc(C(=O)O)c1. The average Bonchev–Trinajstić information content (AvgIpc) is 2.25. The van der Waals surface area contributed by atoms with Crippen LogP contribution in [0.25, 0.3) is 0 Å². The first-order chi connectivity index (χ1) is 7.24. The number of hydrogen-bond donors (Lipinski definition) is 1. The van der Waals surface area contributed by atoms with Crippen LogP contribution >= 0.6 is 0 Å². The van der Waals surface area contributed by atoms with E-state index in [1.54, 1.807) is 12.1 Å². The number of rotatable bonds is 6. The van der Waals surface area contributed by atoms with Gasteiger partial charge in [0.05, 0.1) is 13.2 Å². The Morgan fingerprint density at radius 3 is 3.13 bits per heavy atom. The second-order valence-electron chi connectivity index (χ2n) is 2.98. The summed E-state index contributed by atoms with van der Waals surface area (Å²) in [4.78, 5) is 14.3. The Balaban J connectivity index is 2.50. The molecular weight excluding hydrogens is 194 g/mol. The minimum Gasteiger partial charge on any atom is -0.477 e. The van der Waals surface area contributed by atoms with Gasteiger partial charge in [-0.3, -0.25) is 0 Å². The molecule has 0 aliphatic carbocycles. The van der Waals surface area contributed by atoms with Crippen molar-refractivity contribution in [3.8, 4) is 0 Å². The number of ether oxygens (including phenoxy) is 1. The molecule has 0 saturated heterocycles. The number of carbonyl (C=O) groups is 1. The van der Waals surface area contributed by atoms with Crippen molar-refractivity contribution in [2.45, 2.75) is 13.0 Å². The zero-order chi connectivity index (χ0) is 11.1. The van der Waals surface area contributed by atoms with Crippen molar-refractivity contribution in [2.24, 2.45) is 0 Å². The maximum Gasteiger partial charge on any atom is 0.354 e. The lowest BCUT2D eigenvalue weighted by molar-refractivity contribution is 0.0690. The zero-order valence-corrected chi connectivity index (χ0v) is 8.35. The molecule has 0 aromatic carbocycles. The minimum atomic E-state index is -1.03. The Kier molecular flexibility index (Phi) is 4.50. The quantitative estimate of drug-likeness (QED) is 0.571. The smallest absolute Gasteiger partial charge is 0.354 e. The Morgan fingerprint density at radius 1 is 1.67 bits per heavy atom. The molecule has 1 aromatic heterocycles. The van der Waals surface area contributed by atoms with Crippen LogP contribution in [0.3, 0.4) is 0 Å². The van der Waals surface area contributed by atoms with Gasteiger partial charge in [-0.15, -0.1) is 6.58 Å². The van der Waals surface area contributed by atoms with Gasteiger partial charge in [0.25, 0.3) is 0 Å². The normalized spacial score (nSPS) is 9.87. The van der Waals surface area contributed by atoms with Crippen molar-refractivity contribution in [2.75, 3.05) is 6.61 Å². The second kappa shape index (κ2) is 5.93. The predicted molar refractivity (Wildman–Crippen MR) is 55.7 cm³/mol. The maximum absolute atomic E-state index is 10.6. The van der Waals surface area contributed by atoms with Gasteiger partial charge in [-0.25, -0.2) is 9.78 Å². The molecule has 0 fully saturated rings. The summed E-state index contributed by atoms with van der Waals surface area (Å²) in [5.41, 5.74) is 0.853. The monoisotopic (exact) mass is 207 g/mol. The summed E-state index contributed by atoms with van der Waals surface area (Å²) >= 11 is 0. The van der Waals surface area contributed by atoms with Crippen LogP contribution in [-0.4, -0.2) is 22.7 Å². The lowest BCUT2D eigenvalue weighted by Gasteiger charge is -2.03. The fourth-order valence-corrected chi connectivity index (χ4v) is 1.04. The molecule has 0 saturated carbocycles. The molecule has 0 aliphatic heterocycles. The van der Waals surface area contributed by atoms with Gasteiger partial charge in [0.1, 0.15) is 5.69 Å². The molecular formula is C11H13NO3. The van der Waals surface area contributed by atoms with Crippen molar-refractivity contribution in [1.82, 2.24) is 4.98 Å². The average molecular weight is 207 g/mol. The third-order valence-electron chi connectivity index (χ3n) is 1.78. The molecule has 4 heteroatoms. The highest BCUT2D eigenvalue weighted by atomic mass is 16.5. The predicted octanol–water partition coefficient (Wildman–Crippen LogP) is 1.87. The number of hydrogen-bond acceptors (Lipinski definition) is 3. The van der Waals surface area contributed by atoms with Gasteiger partial charge in [-0.1, -0.05) is 6.08 Å². The van der Waals surface area contributed by atoms with E-state index >= 15 is 0 Å². The topological polar surface area (TPSA) is 59.4 Å². The molecule has 0 spiro atoms. The summed E-state index contributed by atoms with van der Waals surface area (Å²) in [6.07, 6.45) is 4.03. The van der Waals surface area contributed by atoms with Crippen molar-refractivity contribution in [3.63, 3.8) is 0 Å². The van der Waals surface area contributed by atoms with E-state index in [1.807, 2.05) is 0 Å². The lowest BCUT2D eigenvalue weighted by Crippen LogP contribution is -2.02. The molecule has 1 aromatic rings. The standard InChI is InChI=1S/C11H13NO3/c1-2-3-6-15-8-9-4-5-12-10(7-9)11(13)14/h2,4-5,7H,1,3,6,8H2,(H,13,14). The van der Waals surface area contributed by atoms with Crippen LogP contribution in [0.5, 0.6) is 0 Å². The number of pyridine rings is 1. The highest BCUT2D eigenvalue weighted by molar-refractivity contribution is 5.85. The molecule has 80 valence electrons. The fourth-order valence-electron chi connectivity index (χ4n) is 1.04. The number of aromatic carboxylic acids is 1. The van der Waals surface area contributed by atoms with Gasteiger partial charge < -0.3 is 9.84 Å². The molecule has 0 bridgehead atoms. The molecule has 15 heavy (non-hydrogen) atoms. The molecule has 1 rings (SSSR count). The minimum absolute atomic E-state index is 0.0415.